The van der Waals surface area contributed by atoms with Gasteiger partial charge in [-0.1, -0.05) is 49.0 Å². The first-order valence-electron chi connectivity index (χ1n) is 9.99. The summed E-state index contributed by atoms with van der Waals surface area (Å²) in [5.74, 6) is 0.556. The predicted molar refractivity (Wildman–Crippen MR) is 119 cm³/mol. The van der Waals surface area contributed by atoms with E-state index in [1.165, 1.54) is 11.8 Å². The number of amides is 3. The molecule has 0 spiro atoms. The highest BCUT2D eigenvalue weighted by Crippen LogP contribution is 2.26. The highest BCUT2D eigenvalue weighted by molar-refractivity contribution is 7.99. The van der Waals surface area contributed by atoms with Crippen molar-refractivity contribution in [2.45, 2.75) is 57.4 Å². The van der Waals surface area contributed by atoms with E-state index < -0.39 is 11.6 Å². The molecule has 9 heteroatoms. The number of nitrogens with one attached hydrogen (secondary N) is 2. The number of nitrogens with zero attached hydrogens (tertiary/aromatic N) is 4. The Hall–Kier alpha value is -2.39. The molecule has 0 saturated heterocycles. The molecule has 0 aliphatic heterocycles. The summed E-state index contributed by atoms with van der Waals surface area (Å²) in [5.41, 5.74) is 0.715. The maximum Gasteiger partial charge on any atom is 0.321 e. The number of hydrogen-bond donors (Lipinski definition) is 2. The lowest BCUT2D eigenvalue weighted by molar-refractivity contribution is -0.117. The SMILES string of the molecule is CCC(c1nnc(SCC(=O)NC(=O)NC(C)(C)C)n1Cc1ccccc1)N(C)C. The molecule has 1 heterocycles. The van der Waals surface area contributed by atoms with Crippen LogP contribution in [-0.4, -0.2) is 57.0 Å². The summed E-state index contributed by atoms with van der Waals surface area (Å²) < 4.78 is 2.05. The first-order chi connectivity index (χ1) is 14.1. The Morgan fingerprint density at radius 2 is 1.83 bits per heavy atom. The number of carbonyl (C=O) groups excluding carboxylic acids is 2. The Kier molecular flexibility index (Phi) is 8.43. The Balaban J connectivity index is 2.15. The van der Waals surface area contributed by atoms with Crippen LogP contribution in [0.1, 0.15) is 51.5 Å². The first kappa shape index (κ1) is 23.9. The third kappa shape index (κ3) is 7.14. The van der Waals surface area contributed by atoms with E-state index in [4.69, 9.17) is 0 Å². The summed E-state index contributed by atoms with van der Waals surface area (Å²) in [6, 6.07) is 9.69. The van der Waals surface area contributed by atoms with Gasteiger partial charge in [0.05, 0.1) is 18.3 Å². The molecule has 0 fully saturated rings. The smallest absolute Gasteiger partial charge is 0.321 e. The van der Waals surface area contributed by atoms with Crippen LogP contribution in [0, 0.1) is 0 Å². The van der Waals surface area contributed by atoms with E-state index in [0.29, 0.717) is 11.7 Å². The predicted octanol–water partition coefficient (Wildman–Crippen LogP) is 3.06. The lowest BCUT2D eigenvalue weighted by Crippen LogP contribution is -2.48. The molecule has 8 nitrogen and oxygen atoms in total. The maximum absolute atomic E-state index is 12.2. The van der Waals surface area contributed by atoms with Crippen molar-refractivity contribution in [3.63, 3.8) is 0 Å². The van der Waals surface area contributed by atoms with E-state index in [0.717, 1.165) is 17.8 Å². The van der Waals surface area contributed by atoms with E-state index in [1.807, 2.05) is 53.1 Å². The molecule has 2 N–H and O–H groups in total. The van der Waals surface area contributed by atoms with Gasteiger partial charge in [-0.05, 0) is 46.9 Å². The number of rotatable bonds is 8. The van der Waals surface area contributed by atoms with Crippen molar-refractivity contribution in [2.24, 2.45) is 0 Å². The standard InChI is InChI=1S/C21H32N6O2S/c1-7-16(26(5)6)18-24-25-20(27(18)13-15-11-9-8-10-12-15)30-14-17(28)22-19(29)23-21(2,3)4/h8-12,16H,7,13-14H2,1-6H3,(H2,22,23,28,29). The lowest BCUT2D eigenvalue weighted by atomic mass is 10.1. The molecule has 2 aromatic rings. The van der Waals surface area contributed by atoms with Crippen LogP contribution < -0.4 is 10.6 Å². The maximum atomic E-state index is 12.2. The minimum atomic E-state index is -0.502. The van der Waals surface area contributed by atoms with Crippen LogP contribution in [0.3, 0.4) is 0 Å². The average molecular weight is 433 g/mol. The molecular formula is C21H32N6O2S. The molecular weight excluding hydrogens is 400 g/mol. The topological polar surface area (TPSA) is 92.1 Å². The van der Waals surface area contributed by atoms with Gasteiger partial charge in [0.25, 0.3) is 0 Å². The molecule has 0 radical (unpaired) electrons. The van der Waals surface area contributed by atoms with Gasteiger partial charge in [-0.25, -0.2) is 4.79 Å². The van der Waals surface area contributed by atoms with Crippen LogP contribution in [0.4, 0.5) is 4.79 Å². The Bertz CT molecular complexity index is 845. The highest BCUT2D eigenvalue weighted by Gasteiger charge is 2.23. The molecule has 2 rings (SSSR count). The zero-order valence-corrected chi connectivity index (χ0v) is 19.4. The molecule has 0 aliphatic rings. The highest BCUT2D eigenvalue weighted by atomic mass is 32.2. The van der Waals surface area contributed by atoms with Crippen molar-refractivity contribution in [1.82, 2.24) is 30.3 Å². The molecule has 1 aromatic carbocycles. The zero-order valence-electron chi connectivity index (χ0n) is 18.6. The van der Waals surface area contributed by atoms with Crippen molar-refractivity contribution in [1.29, 1.82) is 0 Å². The van der Waals surface area contributed by atoms with Crippen LogP contribution in [-0.2, 0) is 11.3 Å². The first-order valence-corrected chi connectivity index (χ1v) is 11.0. The number of aromatic nitrogens is 3. The molecule has 1 atom stereocenters. The fraction of sp³-hybridized carbons (Fsp3) is 0.524. The Morgan fingerprint density at radius 3 is 2.40 bits per heavy atom. The molecule has 0 saturated carbocycles. The van der Waals surface area contributed by atoms with Gasteiger partial charge in [0.15, 0.2) is 11.0 Å². The Morgan fingerprint density at radius 1 is 1.17 bits per heavy atom. The van der Waals surface area contributed by atoms with E-state index >= 15 is 0 Å². The molecule has 164 valence electrons. The third-order valence-corrected chi connectivity index (χ3v) is 5.28. The summed E-state index contributed by atoms with van der Waals surface area (Å²) in [7, 11) is 4.04. The molecule has 30 heavy (non-hydrogen) atoms. The number of imide groups is 1. The van der Waals surface area contributed by atoms with E-state index in [9.17, 15) is 9.59 Å². The van der Waals surface area contributed by atoms with Gasteiger partial charge in [0.2, 0.25) is 5.91 Å². The fourth-order valence-electron chi connectivity index (χ4n) is 3.01. The van der Waals surface area contributed by atoms with Gasteiger partial charge in [-0.3, -0.25) is 15.0 Å². The second-order valence-corrected chi connectivity index (χ2v) is 9.28. The zero-order chi connectivity index (χ0) is 22.3. The number of benzene rings is 1. The minimum Gasteiger partial charge on any atom is -0.333 e. The largest absolute Gasteiger partial charge is 0.333 e. The molecule has 1 unspecified atom stereocenters. The minimum absolute atomic E-state index is 0.0727. The van der Waals surface area contributed by atoms with Gasteiger partial charge in [-0.15, -0.1) is 10.2 Å². The molecule has 3 amide bonds. The second-order valence-electron chi connectivity index (χ2n) is 8.34. The van der Waals surface area contributed by atoms with E-state index in [1.54, 1.807) is 0 Å². The van der Waals surface area contributed by atoms with Crippen molar-refractivity contribution in [3.8, 4) is 0 Å². The monoisotopic (exact) mass is 432 g/mol. The lowest BCUT2D eigenvalue weighted by Gasteiger charge is -2.23. The summed E-state index contributed by atoms with van der Waals surface area (Å²) in [4.78, 5) is 26.2. The number of thioether (sulfide) groups is 1. The second kappa shape index (κ2) is 10.6. The van der Waals surface area contributed by atoms with Crippen molar-refractivity contribution >= 4 is 23.7 Å². The van der Waals surface area contributed by atoms with Crippen molar-refractivity contribution in [3.05, 3.63) is 41.7 Å². The summed E-state index contributed by atoms with van der Waals surface area (Å²) >= 11 is 1.27. The van der Waals surface area contributed by atoms with Gasteiger partial charge < -0.3 is 9.88 Å². The fourth-order valence-corrected chi connectivity index (χ4v) is 3.76. The third-order valence-electron chi connectivity index (χ3n) is 4.31. The number of hydrogen-bond acceptors (Lipinski definition) is 6. The van der Waals surface area contributed by atoms with Gasteiger partial charge in [0.1, 0.15) is 0 Å². The van der Waals surface area contributed by atoms with Crippen molar-refractivity contribution in [2.75, 3.05) is 19.8 Å². The molecule has 0 aliphatic carbocycles. The average Bonchev–Trinajstić information content (AvgIpc) is 3.02. The van der Waals surface area contributed by atoms with E-state index in [2.05, 4.69) is 49.4 Å². The number of urea groups is 1. The van der Waals surface area contributed by atoms with Gasteiger partial charge in [0, 0.05) is 5.54 Å². The van der Waals surface area contributed by atoms with Crippen LogP contribution in [0.15, 0.2) is 35.5 Å². The van der Waals surface area contributed by atoms with Gasteiger partial charge >= 0.3 is 6.03 Å². The van der Waals surface area contributed by atoms with E-state index in [-0.39, 0.29) is 17.7 Å². The number of carbonyl (C=O) groups is 2. The summed E-state index contributed by atoms with van der Waals surface area (Å²) in [6.45, 7) is 8.29. The molecule has 0 bridgehead atoms. The van der Waals surface area contributed by atoms with Gasteiger partial charge in [-0.2, -0.15) is 0 Å². The quantitative estimate of drug-likeness (QED) is 0.623. The Labute approximate surface area is 182 Å². The summed E-state index contributed by atoms with van der Waals surface area (Å²) in [5, 5.41) is 14.5. The van der Waals surface area contributed by atoms with Crippen LogP contribution >= 0.6 is 11.8 Å². The van der Waals surface area contributed by atoms with Crippen LogP contribution in [0.25, 0.3) is 0 Å². The molecule has 1 aromatic heterocycles. The summed E-state index contributed by atoms with van der Waals surface area (Å²) in [6.07, 6.45) is 0.887. The van der Waals surface area contributed by atoms with Crippen molar-refractivity contribution < 1.29 is 9.59 Å². The normalized spacial score (nSPS) is 12.6. The van der Waals surface area contributed by atoms with Crippen LogP contribution in [0.5, 0.6) is 0 Å². The van der Waals surface area contributed by atoms with Crippen LogP contribution in [0.2, 0.25) is 0 Å².